The van der Waals surface area contributed by atoms with Gasteiger partial charge in [-0.05, 0) is 42.7 Å². The normalized spacial score (nSPS) is 17.7. The molecule has 1 saturated heterocycles. The van der Waals surface area contributed by atoms with E-state index in [1.165, 1.54) is 12.3 Å². The van der Waals surface area contributed by atoms with E-state index in [0.717, 1.165) is 18.0 Å². The van der Waals surface area contributed by atoms with E-state index in [4.69, 9.17) is 10.00 Å². The van der Waals surface area contributed by atoms with Crippen LogP contribution in [0.15, 0.2) is 36.5 Å². The van der Waals surface area contributed by atoms with Gasteiger partial charge in [0.05, 0.1) is 11.2 Å². The van der Waals surface area contributed by atoms with E-state index in [1.54, 1.807) is 17.0 Å². The molecule has 2 aromatic rings. The van der Waals surface area contributed by atoms with Crippen molar-refractivity contribution in [3.05, 3.63) is 59.3 Å². The van der Waals surface area contributed by atoms with Crippen LogP contribution in [0.5, 0.6) is 0 Å². The third kappa shape index (κ3) is 4.05. The van der Waals surface area contributed by atoms with Gasteiger partial charge in [0, 0.05) is 32.4 Å². The zero-order valence-corrected chi connectivity index (χ0v) is 15.8. The average Bonchev–Trinajstić information content (AvgIpc) is 3.55. The Hall–Kier alpha value is -3.05. The summed E-state index contributed by atoms with van der Waals surface area (Å²) < 4.78 is 32.5. The molecule has 1 aromatic heterocycles. The highest BCUT2D eigenvalue weighted by Gasteiger charge is 2.46. The van der Waals surface area contributed by atoms with Crippen molar-refractivity contribution in [1.82, 2.24) is 9.88 Å². The first-order chi connectivity index (χ1) is 14.0. The monoisotopic (exact) mass is 398 g/mol. The van der Waals surface area contributed by atoms with Gasteiger partial charge in [-0.3, -0.25) is 4.79 Å². The standard InChI is InChI=1S/C21H20F2N4O2/c22-17-3-2-16(11-18(17)23)21(5-6-21)29-14-20(28)27-9-7-26(8-10-27)19-4-1-15(12-24)13-25-19/h1-4,11,13H,5-10,14H2. The molecule has 8 heteroatoms. The quantitative estimate of drug-likeness (QED) is 0.774. The topological polar surface area (TPSA) is 69.5 Å². The molecular weight excluding hydrogens is 378 g/mol. The molecule has 29 heavy (non-hydrogen) atoms. The Morgan fingerprint density at radius 2 is 1.90 bits per heavy atom. The molecule has 2 fully saturated rings. The maximum absolute atomic E-state index is 13.5. The van der Waals surface area contributed by atoms with Crippen LogP contribution in [0.4, 0.5) is 14.6 Å². The third-order valence-electron chi connectivity index (χ3n) is 5.46. The Bertz CT molecular complexity index is 946. The highest BCUT2D eigenvalue weighted by molar-refractivity contribution is 5.78. The molecular formula is C21H20F2N4O2. The van der Waals surface area contributed by atoms with E-state index in [2.05, 4.69) is 9.88 Å². The van der Waals surface area contributed by atoms with Gasteiger partial charge < -0.3 is 14.5 Å². The number of carbonyl (C=O) groups excluding carboxylic acids is 1. The second-order valence-corrected chi connectivity index (χ2v) is 7.30. The highest BCUT2D eigenvalue weighted by Crippen LogP contribution is 2.49. The molecule has 1 amide bonds. The number of hydrogen-bond donors (Lipinski definition) is 0. The van der Waals surface area contributed by atoms with Gasteiger partial charge in [0.25, 0.3) is 0 Å². The largest absolute Gasteiger partial charge is 0.360 e. The first-order valence-corrected chi connectivity index (χ1v) is 9.49. The van der Waals surface area contributed by atoms with E-state index >= 15 is 0 Å². The summed E-state index contributed by atoms with van der Waals surface area (Å²) in [6, 6.07) is 9.32. The average molecular weight is 398 g/mol. The molecule has 1 aliphatic carbocycles. The van der Waals surface area contributed by atoms with Crippen LogP contribution in [0.2, 0.25) is 0 Å². The van der Waals surface area contributed by atoms with Gasteiger partial charge in [-0.2, -0.15) is 5.26 Å². The summed E-state index contributed by atoms with van der Waals surface area (Å²) in [5.74, 6) is -1.14. The number of halogens is 2. The van der Waals surface area contributed by atoms with Crippen molar-refractivity contribution < 1.29 is 18.3 Å². The molecule has 0 bridgehead atoms. The molecule has 150 valence electrons. The Morgan fingerprint density at radius 1 is 1.14 bits per heavy atom. The molecule has 1 aromatic carbocycles. The highest BCUT2D eigenvalue weighted by atomic mass is 19.2. The Labute approximate surface area is 167 Å². The van der Waals surface area contributed by atoms with Gasteiger partial charge in [-0.15, -0.1) is 0 Å². The third-order valence-corrected chi connectivity index (χ3v) is 5.46. The summed E-state index contributed by atoms with van der Waals surface area (Å²) in [7, 11) is 0. The maximum Gasteiger partial charge on any atom is 0.248 e. The van der Waals surface area contributed by atoms with Crippen LogP contribution in [-0.4, -0.2) is 48.6 Å². The van der Waals surface area contributed by atoms with Gasteiger partial charge in [0.2, 0.25) is 5.91 Å². The van der Waals surface area contributed by atoms with E-state index in [9.17, 15) is 13.6 Å². The zero-order valence-electron chi connectivity index (χ0n) is 15.8. The molecule has 4 rings (SSSR count). The van der Waals surface area contributed by atoms with Crippen LogP contribution in [0.3, 0.4) is 0 Å². The molecule has 0 spiro atoms. The minimum atomic E-state index is -0.906. The fraction of sp³-hybridized carbons (Fsp3) is 0.381. The van der Waals surface area contributed by atoms with Gasteiger partial charge in [-0.25, -0.2) is 13.8 Å². The first kappa shape index (κ1) is 19.3. The minimum absolute atomic E-state index is 0.0892. The molecule has 0 atom stereocenters. The fourth-order valence-corrected chi connectivity index (χ4v) is 3.52. The van der Waals surface area contributed by atoms with Crippen molar-refractivity contribution in [3.8, 4) is 6.07 Å². The Morgan fingerprint density at radius 3 is 2.48 bits per heavy atom. The lowest BCUT2D eigenvalue weighted by atomic mass is 10.1. The van der Waals surface area contributed by atoms with Gasteiger partial charge in [-0.1, -0.05) is 6.07 Å². The van der Waals surface area contributed by atoms with E-state index < -0.39 is 17.2 Å². The predicted molar refractivity (Wildman–Crippen MR) is 101 cm³/mol. The van der Waals surface area contributed by atoms with Crippen molar-refractivity contribution in [2.45, 2.75) is 18.4 Å². The number of rotatable bonds is 5. The lowest BCUT2D eigenvalue weighted by Crippen LogP contribution is -2.50. The number of hydrogen-bond acceptors (Lipinski definition) is 5. The number of nitrogens with zero attached hydrogens (tertiary/aromatic N) is 4. The van der Waals surface area contributed by atoms with Crippen molar-refractivity contribution in [2.75, 3.05) is 37.7 Å². The minimum Gasteiger partial charge on any atom is -0.360 e. The van der Waals surface area contributed by atoms with E-state index in [1.807, 2.05) is 6.07 Å². The second kappa shape index (κ2) is 7.76. The van der Waals surface area contributed by atoms with Crippen molar-refractivity contribution >= 4 is 11.7 Å². The lowest BCUT2D eigenvalue weighted by Gasteiger charge is -2.35. The molecule has 1 aliphatic heterocycles. The zero-order chi connectivity index (χ0) is 20.4. The van der Waals surface area contributed by atoms with Crippen LogP contribution in [-0.2, 0) is 15.1 Å². The number of aromatic nitrogens is 1. The Balaban J connectivity index is 1.30. The molecule has 0 N–H and O–H groups in total. The van der Waals surface area contributed by atoms with Crippen molar-refractivity contribution in [2.24, 2.45) is 0 Å². The number of nitriles is 1. The van der Waals surface area contributed by atoms with Gasteiger partial charge in [0.15, 0.2) is 11.6 Å². The molecule has 0 radical (unpaired) electrons. The second-order valence-electron chi connectivity index (χ2n) is 7.30. The van der Waals surface area contributed by atoms with Crippen LogP contribution in [0.25, 0.3) is 0 Å². The number of carbonyl (C=O) groups is 1. The fourth-order valence-electron chi connectivity index (χ4n) is 3.52. The number of piperazine rings is 1. The van der Waals surface area contributed by atoms with Crippen molar-refractivity contribution in [3.63, 3.8) is 0 Å². The number of ether oxygens (including phenoxy) is 1. The Kier molecular flexibility index (Phi) is 5.16. The molecule has 1 saturated carbocycles. The van der Waals surface area contributed by atoms with Gasteiger partial charge in [0.1, 0.15) is 18.5 Å². The van der Waals surface area contributed by atoms with Crippen LogP contribution >= 0.6 is 0 Å². The molecule has 2 heterocycles. The number of benzene rings is 1. The SMILES string of the molecule is N#Cc1ccc(N2CCN(C(=O)COC3(c4ccc(F)c(F)c4)CC3)CC2)nc1. The molecule has 6 nitrogen and oxygen atoms in total. The van der Waals surface area contributed by atoms with Crippen LogP contribution in [0, 0.1) is 23.0 Å². The predicted octanol–water partition coefficient (Wildman–Crippen LogP) is 2.59. The van der Waals surface area contributed by atoms with Crippen LogP contribution < -0.4 is 4.90 Å². The maximum atomic E-state index is 13.5. The van der Waals surface area contributed by atoms with Crippen molar-refractivity contribution in [1.29, 1.82) is 5.26 Å². The summed E-state index contributed by atoms with van der Waals surface area (Å²) in [4.78, 5) is 20.6. The summed E-state index contributed by atoms with van der Waals surface area (Å²) >= 11 is 0. The number of pyridine rings is 1. The van der Waals surface area contributed by atoms with Crippen LogP contribution in [0.1, 0.15) is 24.0 Å². The summed E-state index contributed by atoms with van der Waals surface area (Å²) in [5, 5.41) is 8.85. The summed E-state index contributed by atoms with van der Waals surface area (Å²) in [6.45, 7) is 2.27. The van der Waals surface area contributed by atoms with E-state index in [-0.39, 0.29) is 12.5 Å². The number of amides is 1. The summed E-state index contributed by atoms with van der Waals surface area (Å²) in [5.41, 5.74) is 0.397. The summed E-state index contributed by atoms with van der Waals surface area (Å²) in [6.07, 6.45) is 2.90. The smallest absolute Gasteiger partial charge is 0.248 e. The van der Waals surface area contributed by atoms with Gasteiger partial charge >= 0.3 is 0 Å². The van der Waals surface area contributed by atoms with E-state index in [0.29, 0.717) is 50.1 Å². The molecule has 2 aliphatic rings. The number of anilines is 1. The lowest BCUT2D eigenvalue weighted by molar-refractivity contribution is -0.139. The molecule has 0 unspecified atom stereocenters. The first-order valence-electron chi connectivity index (χ1n) is 9.49.